The molecule has 0 spiro atoms. The van der Waals surface area contributed by atoms with Gasteiger partial charge in [-0.25, -0.2) is 0 Å². The van der Waals surface area contributed by atoms with Crippen LogP contribution in [0.25, 0.3) is 10.1 Å². The summed E-state index contributed by atoms with van der Waals surface area (Å²) in [5.41, 5.74) is 1.22. The van der Waals surface area contributed by atoms with Gasteiger partial charge in [0.05, 0.1) is 18.5 Å². The van der Waals surface area contributed by atoms with Gasteiger partial charge in [-0.3, -0.25) is 4.79 Å². The summed E-state index contributed by atoms with van der Waals surface area (Å²) in [6.07, 6.45) is 1.10. The Morgan fingerprint density at radius 3 is 2.63 bits per heavy atom. The van der Waals surface area contributed by atoms with Crippen LogP contribution in [0.4, 0.5) is 0 Å². The highest BCUT2D eigenvalue weighted by Crippen LogP contribution is 2.40. The minimum Gasteiger partial charge on any atom is -0.493 e. The summed E-state index contributed by atoms with van der Waals surface area (Å²) in [5, 5.41) is 1.23. The summed E-state index contributed by atoms with van der Waals surface area (Å²) in [7, 11) is 5.63. The van der Waals surface area contributed by atoms with Crippen molar-refractivity contribution in [3.8, 4) is 11.5 Å². The van der Waals surface area contributed by atoms with Crippen LogP contribution in [-0.2, 0) is 0 Å². The smallest absolute Gasteiger partial charge is 0.264 e. The second-order valence-electron chi connectivity index (χ2n) is 7.81. The molecule has 0 saturated carbocycles. The Bertz CT molecular complexity index is 1030. The van der Waals surface area contributed by atoms with Crippen molar-refractivity contribution in [1.29, 1.82) is 0 Å². The Kier molecular flexibility index (Phi) is 6.25. The van der Waals surface area contributed by atoms with E-state index in [1.807, 2.05) is 37.4 Å². The van der Waals surface area contributed by atoms with Gasteiger partial charge in [0.1, 0.15) is 6.61 Å². The predicted molar refractivity (Wildman–Crippen MR) is 122 cm³/mol. The summed E-state index contributed by atoms with van der Waals surface area (Å²) in [5.74, 6) is 1.87. The van der Waals surface area contributed by atoms with E-state index < -0.39 is 0 Å². The number of benzene rings is 2. The average molecular weight is 425 g/mol. The van der Waals surface area contributed by atoms with Crippen LogP contribution in [0.1, 0.15) is 27.6 Å². The normalized spacial score (nSPS) is 16.7. The van der Waals surface area contributed by atoms with Crippen LogP contribution >= 0.6 is 11.3 Å². The molecule has 6 heteroatoms. The second kappa shape index (κ2) is 9.06. The number of hydrogen-bond acceptors (Lipinski definition) is 5. The van der Waals surface area contributed by atoms with Crippen LogP contribution in [0.15, 0.2) is 48.5 Å². The maximum absolute atomic E-state index is 13.4. The summed E-state index contributed by atoms with van der Waals surface area (Å²) in [6, 6.07) is 15.9. The predicted octanol–water partition coefficient (Wildman–Crippen LogP) is 4.48. The Balaban J connectivity index is 1.51. The van der Waals surface area contributed by atoms with Gasteiger partial charge in [0.2, 0.25) is 0 Å². The van der Waals surface area contributed by atoms with Gasteiger partial charge >= 0.3 is 0 Å². The third kappa shape index (κ3) is 4.16. The number of hydrogen-bond donors (Lipinski definition) is 0. The van der Waals surface area contributed by atoms with Crippen LogP contribution in [0.3, 0.4) is 0 Å². The summed E-state index contributed by atoms with van der Waals surface area (Å²) in [4.78, 5) is 18.4. The third-order valence-corrected chi connectivity index (χ3v) is 6.90. The van der Waals surface area contributed by atoms with E-state index in [0.717, 1.165) is 24.4 Å². The first-order chi connectivity index (χ1) is 14.6. The molecular formula is C24H28N2O3S. The number of methoxy groups -OCH3 is 1. The topological polar surface area (TPSA) is 42.0 Å². The van der Waals surface area contributed by atoms with Crippen LogP contribution < -0.4 is 9.47 Å². The van der Waals surface area contributed by atoms with Gasteiger partial charge in [-0.15, -0.1) is 11.3 Å². The summed E-state index contributed by atoms with van der Waals surface area (Å²) in [6.45, 7) is 3.00. The molecule has 1 unspecified atom stereocenters. The molecular weight excluding hydrogens is 396 g/mol. The van der Waals surface area contributed by atoms with Crippen LogP contribution in [0, 0.1) is 0 Å². The molecule has 3 aromatic rings. The third-order valence-electron chi connectivity index (χ3n) is 5.73. The lowest BCUT2D eigenvalue weighted by Gasteiger charge is -2.19. The zero-order valence-electron chi connectivity index (χ0n) is 17.8. The fraction of sp³-hybridized carbons (Fsp3) is 0.375. The number of likely N-dealkylation sites (tertiary alicyclic amines) is 1. The molecule has 30 heavy (non-hydrogen) atoms. The molecule has 0 radical (unpaired) electrons. The van der Waals surface area contributed by atoms with E-state index in [1.54, 1.807) is 23.3 Å². The van der Waals surface area contributed by atoms with Gasteiger partial charge in [-0.05, 0) is 49.2 Å². The molecule has 1 aliphatic rings. The van der Waals surface area contributed by atoms with Gasteiger partial charge < -0.3 is 19.3 Å². The lowest BCUT2D eigenvalue weighted by Crippen LogP contribution is -2.31. The van der Waals surface area contributed by atoms with Crippen molar-refractivity contribution in [2.45, 2.75) is 12.3 Å². The zero-order valence-corrected chi connectivity index (χ0v) is 18.6. The number of fused-ring (bicyclic) bond motifs is 1. The first-order valence-electron chi connectivity index (χ1n) is 10.3. The number of nitrogens with zero attached hydrogens (tertiary/aromatic N) is 2. The maximum atomic E-state index is 13.4. The highest BCUT2D eigenvalue weighted by atomic mass is 32.1. The number of carbonyl (C=O) groups excluding carboxylic acids is 1. The van der Waals surface area contributed by atoms with E-state index in [2.05, 4.69) is 30.1 Å². The van der Waals surface area contributed by atoms with E-state index in [9.17, 15) is 4.79 Å². The molecule has 1 atom stereocenters. The fourth-order valence-electron chi connectivity index (χ4n) is 4.11. The lowest BCUT2D eigenvalue weighted by molar-refractivity contribution is 0.0776. The first kappa shape index (κ1) is 20.7. The number of amides is 1. The highest BCUT2D eigenvalue weighted by molar-refractivity contribution is 7.21. The molecule has 0 N–H and O–H groups in total. The van der Waals surface area contributed by atoms with Crippen LogP contribution in [-0.4, -0.2) is 63.2 Å². The summed E-state index contributed by atoms with van der Waals surface area (Å²) < 4.78 is 12.4. The van der Waals surface area contributed by atoms with Crippen molar-refractivity contribution in [2.75, 3.05) is 47.4 Å². The largest absolute Gasteiger partial charge is 0.493 e. The molecule has 1 fully saturated rings. The standard InChI is InChI=1S/C24H28N2O3S/c1-25-13-12-17(16-25)22-18-8-4-7-11-21(18)30-23(22)24(27)26(2)14-15-29-20-10-6-5-9-19(20)28-3/h4-11,17H,12-16H2,1-3H3. The number of ether oxygens (including phenoxy) is 2. The molecule has 1 aliphatic heterocycles. The minimum atomic E-state index is 0.0735. The number of thiophene rings is 1. The second-order valence-corrected chi connectivity index (χ2v) is 8.87. The van der Waals surface area contributed by atoms with Gasteiger partial charge in [-0.2, -0.15) is 0 Å². The number of rotatable bonds is 7. The Hall–Kier alpha value is -2.57. The Morgan fingerprint density at radius 2 is 1.90 bits per heavy atom. The van der Waals surface area contributed by atoms with Crippen LogP contribution in [0.5, 0.6) is 11.5 Å². The van der Waals surface area contributed by atoms with Crippen LogP contribution in [0.2, 0.25) is 0 Å². The van der Waals surface area contributed by atoms with Crippen molar-refractivity contribution in [3.63, 3.8) is 0 Å². The van der Waals surface area contributed by atoms with Gasteiger partial charge in [0.15, 0.2) is 11.5 Å². The Labute approximate surface area is 181 Å². The lowest BCUT2D eigenvalue weighted by atomic mass is 9.95. The van der Waals surface area contributed by atoms with Gasteiger partial charge in [-0.1, -0.05) is 30.3 Å². The average Bonchev–Trinajstić information content (AvgIpc) is 3.36. The molecule has 2 aromatic carbocycles. The van der Waals surface area contributed by atoms with Crippen molar-refractivity contribution in [2.24, 2.45) is 0 Å². The molecule has 5 nitrogen and oxygen atoms in total. The minimum absolute atomic E-state index is 0.0735. The first-order valence-corrected chi connectivity index (χ1v) is 11.1. The monoisotopic (exact) mass is 424 g/mol. The zero-order chi connectivity index (χ0) is 21.1. The molecule has 1 saturated heterocycles. The maximum Gasteiger partial charge on any atom is 0.264 e. The molecule has 4 rings (SSSR count). The van der Waals surface area contributed by atoms with Crippen molar-refractivity contribution in [1.82, 2.24) is 9.80 Å². The van der Waals surface area contributed by atoms with Gasteiger partial charge in [0, 0.05) is 24.2 Å². The van der Waals surface area contributed by atoms with E-state index in [-0.39, 0.29) is 5.91 Å². The molecule has 0 bridgehead atoms. The van der Waals surface area contributed by atoms with Gasteiger partial charge in [0.25, 0.3) is 5.91 Å². The number of para-hydroxylation sites is 2. The number of likely N-dealkylation sites (N-methyl/N-ethyl adjacent to an activating group) is 2. The van der Waals surface area contributed by atoms with E-state index in [0.29, 0.717) is 30.6 Å². The quantitative estimate of drug-likeness (QED) is 0.561. The van der Waals surface area contributed by atoms with E-state index >= 15 is 0 Å². The SMILES string of the molecule is COc1ccccc1OCCN(C)C(=O)c1sc2ccccc2c1C1CCN(C)C1. The highest BCUT2D eigenvalue weighted by Gasteiger charge is 2.30. The molecule has 158 valence electrons. The van der Waals surface area contributed by atoms with Crippen molar-refractivity contribution < 1.29 is 14.3 Å². The Morgan fingerprint density at radius 1 is 1.17 bits per heavy atom. The molecule has 1 aromatic heterocycles. The molecule has 1 amide bonds. The van der Waals surface area contributed by atoms with Crippen molar-refractivity contribution in [3.05, 3.63) is 59.0 Å². The van der Waals surface area contributed by atoms with Crippen molar-refractivity contribution >= 4 is 27.3 Å². The molecule has 0 aliphatic carbocycles. The molecule has 2 heterocycles. The fourth-order valence-corrected chi connectivity index (χ4v) is 5.39. The summed E-state index contributed by atoms with van der Waals surface area (Å²) >= 11 is 1.61. The van der Waals surface area contributed by atoms with E-state index in [4.69, 9.17) is 9.47 Å². The van der Waals surface area contributed by atoms with E-state index in [1.165, 1.54) is 15.6 Å². The number of carbonyl (C=O) groups is 1.